The van der Waals surface area contributed by atoms with Crippen molar-refractivity contribution in [2.24, 2.45) is 0 Å². The summed E-state index contributed by atoms with van der Waals surface area (Å²) < 4.78 is 22.3. The minimum absolute atomic E-state index is 0.155. The first kappa shape index (κ1) is 13.2. The summed E-state index contributed by atoms with van der Waals surface area (Å²) in [6, 6.07) is 10.8. The van der Waals surface area contributed by atoms with Crippen LogP contribution < -0.4 is 0 Å². The molecule has 6 heteroatoms. The van der Waals surface area contributed by atoms with Gasteiger partial charge in [0.2, 0.25) is 0 Å². The molecule has 0 saturated carbocycles. The standard InChI is InChI=1S/C12H8Cl2O3S/c13-11-4-2-1-3-9(11)10-6-5-8(7-12(10)15)18(14,16)17/h1-7,15H. The molecule has 0 aliphatic rings. The molecule has 2 aromatic carbocycles. The molecule has 0 atom stereocenters. The van der Waals surface area contributed by atoms with E-state index in [0.717, 1.165) is 6.07 Å². The zero-order chi connectivity index (χ0) is 13.3. The minimum Gasteiger partial charge on any atom is -0.507 e. The van der Waals surface area contributed by atoms with Gasteiger partial charge in [0.1, 0.15) is 5.75 Å². The zero-order valence-corrected chi connectivity index (χ0v) is 11.3. The topological polar surface area (TPSA) is 54.4 Å². The Labute approximate surface area is 114 Å². The lowest BCUT2D eigenvalue weighted by Gasteiger charge is -2.07. The Morgan fingerprint density at radius 3 is 2.22 bits per heavy atom. The van der Waals surface area contributed by atoms with Crippen molar-refractivity contribution in [3.8, 4) is 16.9 Å². The lowest BCUT2D eigenvalue weighted by atomic mass is 10.0. The maximum atomic E-state index is 11.1. The lowest BCUT2D eigenvalue weighted by molar-refractivity contribution is 0.475. The molecule has 0 heterocycles. The molecule has 0 amide bonds. The molecule has 0 saturated heterocycles. The first-order valence-electron chi connectivity index (χ1n) is 4.92. The third kappa shape index (κ3) is 2.61. The highest BCUT2D eigenvalue weighted by Gasteiger charge is 2.14. The summed E-state index contributed by atoms with van der Waals surface area (Å²) in [6.07, 6.45) is 0. The van der Waals surface area contributed by atoms with E-state index in [2.05, 4.69) is 0 Å². The van der Waals surface area contributed by atoms with E-state index >= 15 is 0 Å². The molecular weight excluding hydrogens is 295 g/mol. The van der Waals surface area contributed by atoms with Crippen LogP contribution in [0.25, 0.3) is 11.1 Å². The molecule has 0 unspecified atom stereocenters. The van der Waals surface area contributed by atoms with Crippen molar-refractivity contribution in [1.29, 1.82) is 0 Å². The van der Waals surface area contributed by atoms with Crippen LogP contribution in [0.5, 0.6) is 5.75 Å². The van der Waals surface area contributed by atoms with Crippen LogP contribution >= 0.6 is 22.3 Å². The van der Waals surface area contributed by atoms with Gasteiger partial charge in [0.15, 0.2) is 0 Å². The third-order valence-corrected chi connectivity index (χ3v) is 4.10. The Morgan fingerprint density at radius 2 is 1.67 bits per heavy atom. The molecule has 0 fully saturated rings. The summed E-state index contributed by atoms with van der Waals surface area (Å²) in [7, 11) is 1.34. The first-order chi connectivity index (χ1) is 8.39. The van der Waals surface area contributed by atoms with Crippen molar-refractivity contribution >= 4 is 31.3 Å². The van der Waals surface area contributed by atoms with Gasteiger partial charge in [-0.15, -0.1) is 0 Å². The zero-order valence-electron chi connectivity index (χ0n) is 8.97. The molecule has 0 aliphatic carbocycles. The van der Waals surface area contributed by atoms with Gasteiger partial charge in [-0.05, 0) is 18.2 Å². The van der Waals surface area contributed by atoms with E-state index in [-0.39, 0.29) is 10.6 Å². The summed E-state index contributed by atoms with van der Waals surface area (Å²) in [5.74, 6) is -0.190. The summed E-state index contributed by atoms with van der Waals surface area (Å²) >= 11 is 6.01. The first-order valence-corrected chi connectivity index (χ1v) is 7.61. The fourth-order valence-corrected chi connectivity index (χ4v) is 2.58. The Kier molecular flexibility index (Phi) is 3.52. The van der Waals surface area contributed by atoms with Crippen LogP contribution in [0, 0.1) is 0 Å². The summed E-state index contributed by atoms with van der Waals surface area (Å²) in [4.78, 5) is -0.155. The highest BCUT2D eigenvalue weighted by molar-refractivity contribution is 8.13. The van der Waals surface area contributed by atoms with Crippen molar-refractivity contribution in [3.63, 3.8) is 0 Å². The van der Waals surface area contributed by atoms with Gasteiger partial charge in [0.25, 0.3) is 9.05 Å². The highest BCUT2D eigenvalue weighted by atomic mass is 35.7. The molecule has 1 N–H and O–H groups in total. The molecule has 2 aromatic rings. The fourth-order valence-electron chi connectivity index (χ4n) is 1.57. The number of phenolic OH excluding ortho intramolecular Hbond substituents is 1. The van der Waals surface area contributed by atoms with Crippen molar-refractivity contribution in [1.82, 2.24) is 0 Å². The number of benzene rings is 2. The third-order valence-electron chi connectivity index (χ3n) is 2.41. The molecule has 0 aliphatic heterocycles. The second kappa shape index (κ2) is 4.80. The number of hydrogen-bond acceptors (Lipinski definition) is 3. The van der Waals surface area contributed by atoms with Crippen LogP contribution in [-0.4, -0.2) is 13.5 Å². The molecule has 0 bridgehead atoms. The quantitative estimate of drug-likeness (QED) is 0.862. The maximum Gasteiger partial charge on any atom is 0.261 e. The van der Waals surface area contributed by atoms with Gasteiger partial charge < -0.3 is 5.11 Å². The number of rotatable bonds is 2. The van der Waals surface area contributed by atoms with E-state index in [4.69, 9.17) is 22.3 Å². The Bertz CT molecular complexity index is 696. The second-order valence-electron chi connectivity index (χ2n) is 3.60. The SMILES string of the molecule is O=S(=O)(Cl)c1ccc(-c2ccccc2Cl)c(O)c1. The molecular formula is C12H8Cl2O3S. The summed E-state index contributed by atoms with van der Waals surface area (Å²) in [5.41, 5.74) is 1.07. The van der Waals surface area contributed by atoms with Gasteiger partial charge in [-0.2, -0.15) is 0 Å². The van der Waals surface area contributed by atoms with Crippen LogP contribution in [0.15, 0.2) is 47.4 Å². The summed E-state index contributed by atoms with van der Waals surface area (Å²) in [5, 5.41) is 10.3. The van der Waals surface area contributed by atoms with E-state index in [1.54, 1.807) is 24.3 Å². The Hall–Kier alpha value is -1.23. The predicted molar refractivity (Wildman–Crippen MR) is 71.6 cm³/mol. The lowest BCUT2D eigenvalue weighted by Crippen LogP contribution is -1.91. The molecule has 18 heavy (non-hydrogen) atoms. The normalized spacial score (nSPS) is 11.4. The van der Waals surface area contributed by atoms with Crippen LogP contribution in [-0.2, 0) is 9.05 Å². The van der Waals surface area contributed by atoms with Gasteiger partial charge >= 0.3 is 0 Å². The van der Waals surface area contributed by atoms with Crippen molar-refractivity contribution in [2.75, 3.05) is 0 Å². The monoisotopic (exact) mass is 302 g/mol. The smallest absolute Gasteiger partial charge is 0.261 e. The van der Waals surface area contributed by atoms with Gasteiger partial charge in [-0.1, -0.05) is 29.8 Å². The number of aromatic hydroxyl groups is 1. The number of phenols is 1. The molecule has 94 valence electrons. The molecule has 3 nitrogen and oxygen atoms in total. The molecule has 0 radical (unpaired) electrons. The van der Waals surface area contributed by atoms with Crippen molar-refractivity contribution < 1.29 is 13.5 Å². The molecule has 0 spiro atoms. The maximum absolute atomic E-state index is 11.1. The average molecular weight is 303 g/mol. The molecule has 0 aromatic heterocycles. The fraction of sp³-hybridized carbons (Fsp3) is 0. The van der Waals surface area contributed by atoms with E-state index in [0.29, 0.717) is 16.1 Å². The van der Waals surface area contributed by atoms with E-state index in [9.17, 15) is 13.5 Å². The highest BCUT2D eigenvalue weighted by Crippen LogP contribution is 2.35. The van der Waals surface area contributed by atoms with Crippen LogP contribution in [0.2, 0.25) is 5.02 Å². The van der Waals surface area contributed by atoms with Crippen LogP contribution in [0.1, 0.15) is 0 Å². The summed E-state index contributed by atoms with van der Waals surface area (Å²) in [6.45, 7) is 0. The van der Waals surface area contributed by atoms with Crippen LogP contribution in [0.4, 0.5) is 0 Å². The second-order valence-corrected chi connectivity index (χ2v) is 6.57. The van der Waals surface area contributed by atoms with Crippen LogP contribution in [0.3, 0.4) is 0 Å². The molecule has 2 rings (SSSR count). The van der Waals surface area contributed by atoms with Crippen molar-refractivity contribution in [3.05, 3.63) is 47.5 Å². The average Bonchev–Trinajstić information content (AvgIpc) is 2.29. The van der Waals surface area contributed by atoms with Gasteiger partial charge in [0, 0.05) is 32.9 Å². The minimum atomic E-state index is -3.86. The number of hydrogen-bond donors (Lipinski definition) is 1. The van der Waals surface area contributed by atoms with Gasteiger partial charge in [-0.25, -0.2) is 8.42 Å². The van der Waals surface area contributed by atoms with E-state index < -0.39 is 9.05 Å². The number of halogens is 2. The Balaban J connectivity index is 2.59. The predicted octanol–water partition coefficient (Wildman–Crippen LogP) is 3.64. The van der Waals surface area contributed by atoms with Gasteiger partial charge in [0.05, 0.1) is 4.90 Å². The Morgan fingerprint density at radius 1 is 1.00 bits per heavy atom. The van der Waals surface area contributed by atoms with Crippen molar-refractivity contribution in [2.45, 2.75) is 4.90 Å². The van der Waals surface area contributed by atoms with E-state index in [1.165, 1.54) is 12.1 Å². The van der Waals surface area contributed by atoms with E-state index in [1.807, 2.05) is 0 Å². The largest absolute Gasteiger partial charge is 0.507 e. The van der Waals surface area contributed by atoms with Gasteiger partial charge in [-0.3, -0.25) is 0 Å².